The molecule has 0 aliphatic heterocycles. The fourth-order valence-electron chi connectivity index (χ4n) is 7.20. The van der Waals surface area contributed by atoms with Gasteiger partial charge in [-0.25, -0.2) is 0 Å². The summed E-state index contributed by atoms with van der Waals surface area (Å²) in [5.41, 5.74) is 16.1. The highest BCUT2D eigenvalue weighted by Crippen LogP contribution is 2.40. The minimum absolute atomic E-state index is 0.0226. The Labute approximate surface area is 262 Å². The summed E-state index contributed by atoms with van der Waals surface area (Å²) in [4.78, 5) is 0. The van der Waals surface area contributed by atoms with Crippen LogP contribution >= 0.6 is 0 Å². The lowest BCUT2D eigenvalue weighted by Crippen LogP contribution is -2.15. The maximum Gasteiger partial charge on any atom is 0.0547 e. The number of para-hydroxylation sites is 1. The van der Waals surface area contributed by atoms with E-state index in [9.17, 15) is 0 Å². The molecular weight excluding hydrogens is 530 g/mol. The summed E-state index contributed by atoms with van der Waals surface area (Å²) >= 11 is 0. The first-order valence-electron chi connectivity index (χ1n) is 16.3. The second-order valence-corrected chi connectivity index (χ2v) is 13.7. The van der Waals surface area contributed by atoms with E-state index in [0.717, 1.165) is 19.3 Å². The Morgan fingerprint density at radius 1 is 0.682 bits per heavy atom. The average Bonchev–Trinajstić information content (AvgIpc) is 3.21. The Morgan fingerprint density at radius 3 is 2.30 bits per heavy atom. The molecule has 4 aromatic carbocycles. The molecule has 220 valence electrons. The van der Waals surface area contributed by atoms with E-state index in [1.165, 1.54) is 90.4 Å². The number of nitrogens with zero attached hydrogens (tertiary/aromatic N) is 1. The molecule has 1 heterocycles. The van der Waals surface area contributed by atoms with E-state index in [1.807, 2.05) is 0 Å². The van der Waals surface area contributed by atoms with Gasteiger partial charge in [0.1, 0.15) is 0 Å². The highest BCUT2D eigenvalue weighted by Gasteiger charge is 2.22. The van der Waals surface area contributed by atoms with E-state index in [-0.39, 0.29) is 5.41 Å². The smallest absolute Gasteiger partial charge is 0.0547 e. The van der Waals surface area contributed by atoms with Gasteiger partial charge in [-0.05, 0) is 126 Å². The fourth-order valence-corrected chi connectivity index (χ4v) is 7.20. The van der Waals surface area contributed by atoms with Gasteiger partial charge in [0.05, 0.1) is 11.0 Å². The largest absolute Gasteiger partial charge is 0.309 e. The first-order valence-corrected chi connectivity index (χ1v) is 16.3. The summed E-state index contributed by atoms with van der Waals surface area (Å²) in [6.45, 7) is 11.6. The van der Waals surface area contributed by atoms with Crippen molar-refractivity contribution in [2.45, 2.75) is 72.1 Å². The topological polar surface area (TPSA) is 4.93 Å². The molecule has 44 heavy (non-hydrogen) atoms. The molecule has 0 saturated heterocycles. The molecule has 0 amide bonds. The van der Waals surface area contributed by atoms with E-state index in [2.05, 4.69) is 148 Å². The van der Waals surface area contributed by atoms with Crippen molar-refractivity contribution in [1.82, 2.24) is 4.57 Å². The van der Waals surface area contributed by atoms with Gasteiger partial charge >= 0.3 is 0 Å². The van der Waals surface area contributed by atoms with Gasteiger partial charge in [-0.15, -0.1) is 0 Å². The minimum atomic E-state index is 0.0226. The second-order valence-electron chi connectivity index (χ2n) is 13.7. The number of hydrogen-bond acceptors (Lipinski definition) is 0. The predicted molar refractivity (Wildman–Crippen MR) is 192 cm³/mol. The molecule has 2 aliphatic rings. The van der Waals surface area contributed by atoms with E-state index in [1.54, 1.807) is 0 Å². The van der Waals surface area contributed by atoms with E-state index >= 15 is 0 Å². The average molecular weight is 574 g/mol. The van der Waals surface area contributed by atoms with Crippen LogP contribution in [0.3, 0.4) is 0 Å². The number of aryl methyl sites for hydroxylation is 1. The van der Waals surface area contributed by atoms with Gasteiger partial charge in [-0.3, -0.25) is 0 Å². The van der Waals surface area contributed by atoms with Crippen LogP contribution in [0.5, 0.6) is 0 Å². The molecule has 0 bridgehead atoms. The maximum absolute atomic E-state index is 2.48. The summed E-state index contributed by atoms with van der Waals surface area (Å²) in [5, 5.41) is 2.59. The van der Waals surface area contributed by atoms with Crippen molar-refractivity contribution in [1.29, 1.82) is 0 Å². The molecule has 1 aromatic heterocycles. The van der Waals surface area contributed by atoms with Crippen molar-refractivity contribution in [3.05, 3.63) is 137 Å². The van der Waals surface area contributed by atoms with E-state index in [4.69, 9.17) is 0 Å². The van der Waals surface area contributed by atoms with Crippen LogP contribution < -0.4 is 0 Å². The number of allylic oxidation sites excluding steroid dienone is 8. The van der Waals surface area contributed by atoms with Crippen LogP contribution in [0.25, 0.3) is 49.8 Å². The molecule has 7 rings (SSSR count). The molecule has 0 unspecified atom stereocenters. The molecule has 0 radical (unpaired) electrons. The predicted octanol–water partition coefficient (Wildman–Crippen LogP) is 12.3. The zero-order valence-corrected chi connectivity index (χ0v) is 26.9. The van der Waals surface area contributed by atoms with Crippen LogP contribution in [-0.4, -0.2) is 4.57 Å². The Hall–Kier alpha value is -4.36. The monoisotopic (exact) mass is 573 g/mol. The Balaban J connectivity index is 1.42. The molecule has 0 fully saturated rings. The molecular formula is C43H43N. The SMILES string of the molecule is CC1=C(c2cc(-c3ccc4c5ccccc5n(-c5ccc(C6=CC=CCC6)c(C(C)(C)C)c5)c4c3)ccc2C)C=CCCC1. The molecule has 0 saturated carbocycles. The molecule has 0 atom stereocenters. The van der Waals surface area contributed by atoms with Crippen molar-refractivity contribution in [3.8, 4) is 16.8 Å². The van der Waals surface area contributed by atoms with Gasteiger partial charge in [0.15, 0.2) is 0 Å². The molecule has 0 N–H and O–H groups in total. The van der Waals surface area contributed by atoms with Crippen LogP contribution in [0.2, 0.25) is 0 Å². The summed E-state index contributed by atoms with van der Waals surface area (Å²) in [6, 6.07) is 30.1. The molecule has 0 spiro atoms. The maximum atomic E-state index is 2.48. The van der Waals surface area contributed by atoms with Crippen LogP contribution in [-0.2, 0) is 5.41 Å². The van der Waals surface area contributed by atoms with E-state index < -0.39 is 0 Å². The van der Waals surface area contributed by atoms with Gasteiger partial charge in [-0.1, -0.05) is 105 Å². The lowest BCUT2D eigenvalue weighted by atomic mass is 9.80. The van der Waals surface area contributed by atoms with E-state index in [0.29, 0.717) is 0 Å². The lowest BCUT2D eigenvalue weighted by molar-refractivity contribution is 0.588. The highest BCUT2D eigenvalue weighted by atomic mass is 15.0. The second kappa shape index (κ2) is 11.3. The van der Waals surface area contributed by atoms with Crippen LogP contribution in [0, 0.1) is 6.92 Å². The number of fused-ring (bicyclic) bond motifs is 3. The van der Waals surface area contributed by atoms with Gasteiger partial charge in [0, 0.05) is 16.5 Å². The van der Waals surface area contributed by atoms with Crippen molar-refractivity contribution in [2.24, 2.45) is 0 Å². The number of hydrogen-bond donors (Lipinski definition) is 0. The molecule has 1 heteroatoms. The van der Waals surface area contributed by atoms with Crippen LogP contribution in [0.1, 0.15) is 82.1 Å². The standard InChI is InChI=1S/C43H43N/c1-29-14-8-6-11-17-35(29)39-26-32(21-20-30(39)2)33-22-24-38-37-18-12-13-19-41(37)44(42(38)27-33)34-23-25-36(31-15-9-7-10-16-31)40(28-34)43(3,4)5/h7,9,11-13,15,17-28H,6,8,10,14,16H2,1-5H3. The zero-order valence-electron chi connectivity index (χ0n) is 26.9. The first kappa shape index (κ1) is 28.4. The minimum Gasteiger partial charge on any atom is -0.309 e. The van der Waals surface area contributed by atoms with Crippen molar-refractivity contribution in [3.63, 3.8) is 0 Å². The Kier molecular flexibility index (Phi) is 7.29. The summed E-state index contributed by atoms with van der Waals surface area (Å²) < 4.78 is 2.48. The number of rotatable bonds is 4. The zero-order chi connectivity index (χ0) is 30.4. The molecule has 5 aromatic rings. The van der Waals surface area contributed by atoms with Crippen LogP contribution in [0.4, 0.5) is 0 Å². The summed E-state index contributed by atoms with van der Waals surface area (Å²) in [5.74, 6) is 0. The highest BCUT2D eigenvalue weighted by molar-refractivity contribution is 6.10. The van der Waals surface area contributed by atoms with Gasteiger partial charge < -0.3 is 4.57 Å². The number of aromatic nitrogens is 1. The molecule has 1 nitrogen and oxygen atoms in total. The number of benzene rings is 4. The summed E-state index contributed by atoms with van der Waals surface area (Å²) in [6.07, 6.45) is 17.3. The Morgan fingerprint density at radius 2 is 1.48 bits per heavy atom. The van der Waals surface area contributed by atoms with Crippen molar-refractivity contribution < 1.29 is 0 Å². The van der Waals surface area contributed by atoms with Crippen LogP contribution in [0.15, 0.2) is 115 Å². The van der Waals surface area contributed by atoms with Gasteiger partial charge in [0.25, 0.3) is 0 Å². The normalized spacial score (nSPS) is 15.7. The van der Waals surface area contributed by atoms with Crippen molar-refractivity contribution >= 4 is 33.0 Å². The molecule has 2 aliphatic carbocycles. The third-order valence-corrected chi connectivity index (χ3v) is 9.63. The first-order chi connectivity index (χ1) is 21.3. The summed E-state index contributed by atoms with van der Waals surface area (Å²) in [7, 11) is 0. The van der Waals surface area contributed by atoms with Gasteiger partial charge in [-0.2, -0.15) is 0 Å². The third-order valence-electron chi connectivity index (χ3n) is 9.63. The quantitative estimate of drug-likeness (QED) is 0.201. The Bertz CT molecular complexity index is 2030. The third kappa shape index (κ3) is 5.09. The fraction of sp³-hybridized carbons (Fsp3) is 0.256. The van der Waals surface area contributed by atoms with Gasteiger partial charge in [0.2, 0.25) is 0 Å². The lowest BCUT2D eigenvalue weighted by Gasteiger charge is -2.26. The van der Waals surface area contributed by atoms with Crippen molar-refractivity contribution in [2.75, 3.05) is 0 Å².